The molecule has 2 rings (SSSR count). The van der Waals surface area contributed by atoms with Gasteiger partial charge in [0.05, 0.1) is 11.1 Å². The number of aliphatic hydroxyl groups is 1. The molecule has 18 heavy (non-hydrogen) atoms. The van der Waals surface area contributed by atoms with Crippen LogP contribution in [0.2, 0.25) is 5.02 Å². The first kappa shape index (κ1) is 12.9. The van der Waals surface area contributed by atoms with Gasteiger partial charge < -0.3 is 9.84 Å². The lowest BCUT2D eigenvalue weighted by molar-refractivity contribution is 0.194. The number of aromatic nitrogens is 1. The molecule has 1 unspecified atom stereocenters. The Kier molecular flexibility index (Phi) is 3.84. The summed E-state index contributed by atoms with van der Waals surface area (Å²) < 4.78 is 5.68. The third kappa shape index (κ3) is 2.81. The normalized spacial score (nSPS) is 12.2. The molecule has 1 N–H and O–H groups in total. The third-order valence-electron chi connectivity index (χ3n) is 2.54. The number of benzene rings is 1. The summed E-state index contributed by atoms with van der Waals surface area (Å²) in [5, 5.41) is 10.2. The Labute approximate surface area is 111 Å². The van der Waals surface area contributed by atoms with Crippen LogP contribution in [0.5, 0.6) is 11.6 Å². The molecule has 0 aliphatic carbocycles. The van der Waals surface area contributed by atoms with Gasteiger partial charge in [0, 0.05) is 11.8 Å². The molecule has 3 nitrogen and oxygen atoms in total. The lowest BCUT2D eigenvalue weighted by atomic mass is 10.2. The van der Waals surface area contributed by atoms with Gasteiger partial charge in [0.15, 0.2) is 0 Å². The van der Waals surface area contributed by atoms with E-state index in [1.165, 1.54) is 0 Å². The van der Waals surface area contributed by atoms with Gasteiger partial charge in [-0.1, -0.05) is 17.7 Å². The minimum atomic E-state index is -0.641. The van der Waals surface area contributed by atoms with Gasteiger partial charge >= 0.3 is 0 Å². The van der Waals surface area contributed by atoms with Crippen LogP contribution in [0.4, 0.5) is 0 Å². The van der Waals surface area contributed by atoms with E-state index < -0.39 is 6.10 Å². The van der Waals surface area contributed by atoms with Gasteiger partial charge in [0.1, 0.15) is 5.75 Å². The fraction of sp³-hybridized carbons (Fsp3) is 0.214. The van der Waals surface area contributed by atoms with E-state index in [1.807, 2.05) is 19.1 Å². The Morgan fingerprint density at radius 1 is 1.33 bits per heavy atom. The van der Waals surface area contributed by atoms with Crippen molar-refractivity contribution in [3.63, 3.8) is 0 Å². The second kappa shape index (κ2) is 5.38. The highest BCUT2D eigenvalue weighted by atomic mass is 35.5. The number of halogens is 1. The lowest BCUT2D eigenvalue weighted by Gasteiger charge is -2.12. The number of nitrogens with zero attached hydrogens (tertiary/aromatic N) is 1. The van der Waals surface area contributed by atoms with Crippen LogP contribution >= 0.6 is 11.6 Å². The van der Waals surface area contributed by atoms with Gasteiger partial charge in [-0.05, 0) is 43.7 Å². The van der Waals surface area contributed by atoms with E-state index >= 15 is 0 Å². The fourth-order valence-electron chi connectivity index (χ4n) is 1.60. The minimum Gasteiger partial charge on any atom is -0.437 e. The highest BCUT2D eigenvalue weighted by Crippen LogP contribution is 2.32. The van der Waals surface area contributed by atoms with E-state index in [-0.39, 0.29) is 0 Å². The average Bonchev–Trinajstić information content (AvgIpc) is 2.34. The summed E-state index contributed by atoms with van der Waals surface area (Å²) >= 11 is 6.06. The van der Waals surface area contributed by atoms with Gasteiger partial charge in [-0.25, -0.2) is 4.98 Å². The Bertz CT molecular complexity index is 555. The molecular formula is C14H14ClNO2. The molecule has 0 saturated carbocycles. The van der Waals surface area contributed by atoms with Crippen molar-refractivity contribution in [2.24, 2.45) is 0 Å². The van der Waals surface area contributed by atoms with Crippen LogP contribution in [0.25, 0.3) is 0 Å². The molecule has 0 spiro atoms. The van der Waals surface area contributed by atoms with E-state index in [1.54, 1.807) is 31.3 Å². The molecule has 94 valence electrons. The molecule has 0 fully saturated rings. The maximum Gasteiger partial charge on any atom is 0.225 e. The van der Waals surface area contributed by atoms with Crippen molar-refractivity contribution in [1.82, 2.24) is 4.98 Å². The molecule has 4 heteroatoms. The van der Waals surface area contributed by atoms with Gasteiger partial charge in [0.25, 0.3) is 0 Å². The third-order valence-corrected chi connectivity index (χ3v) is 2.86. The molecule has 0 radical (unpaired) electrons. The van der Waals surface area contributed by atoms with Crippen LogP contribution in [-0.2, 0) is 0 Å². The van der Waals surface area contributed by atoms with Crippen LogP contribution in [0.1, 0.15) is 24.2 Å². The first-order valence-electron chi connectivity index (χ1n) is 5.65. The van der Waals surface area contributed by atoms with E-state index in [4.69, 9.17) is 16.3 Å². The van der Waals surface area contributed by atoms with Crippen LogP contribution in [0.15, 0.2) is 36.5 Å². The van der Waals surface area contributed by atoms with Crippen molar-refractivity contribution in [3.05, 3.63) is 52.7 Å². The molecule has 1 heterocycles. The van der Waals surface area contributed by atoms with Crippen LogP contribution in [0, 0.1) is 6.92 Å². The van der Waals surface area contributed by atoms with Crippen LogP contribution < -0.4 is 4.74 Å². The zero-order chi connectivity index (χ0) is 13.1. The van der Waals surface area contributed by atoms with Crippen molar-refractivity contribution in [2.75, 3.05) is 0 Å². The predicted molar refractivity (Wildman–Crippen MR) is 71.1 cm³/mol. The van der Waals surface area contributed by atoms with Crippen LogP contribution in [0.3, 0.4) is 0 Å². The molecule has 0 saturated heterocycles. The number of ether oxygens (including phenoxy) is 1. The number of pyridine rings is 1. The Hall–Kier alpha value is -1.58. The second-order valence-corrected chi connectivity index (χ2v) is 4.52. The molecule has 0 aliphatic rings. The summed E-state index contributed by atoms with van der Waals surface area (Å²) in [6.07, 6.45) is 0.975. The number of aliphatic hydroxyl groups excluding tert-OH is 1. The summed E-state index contributed by atoms with van der Waals surface area (Å²) in [6, 6.07) is 9.05. The highest BCUT2D eigenvalue weighted by Gasteiger charge is 2.12. The number of rotatable bonds is 3. The SMILES string of the molecule is Cc1ccc(Cl)c(Oc2ncccc2C(C)O)c1. The standard InChI is InChI=1S/C14H14ClNO2/c1-9-5-6-12(15)13(8-9)18-14-11(10(2)17)4-3-7-16-14/h3-8,10,17H,1-2H3. The Balaban J connectivity index is 2.37. The predicted octanol–water partition coefficient (Wildman–Crippen LogP) is 3.89. The van der Waals surface area contributed by atoms with Crippen molar-refractivity contribution in [3.8, 4) is 11.6 Å². The van der Waals surface area contributed by atoms with Gasteiger partial charge in [-0.2, -0.15) is 0 Å². The largest absolute Gasteiger partial charge is 0.437 e. The molecular weight excluding hydrogens is 250 g/mol. The lowest BCUT2D eigenvalue weighted by Crippen LogP contribution is -1.98. The van der Waals surface area contributed by atoms with Crippen molar-refractivity contribution in [1.29, 1.82) is 0 Å². The van der Waals surface area contributed by atoms with Crippen molar-refractivity contribution < 1.29 is 9.84 Å². The molecule has 1 aromatic carbocycles. The molecule has 2 aromatic rings. The first-order valence-corrected chi connectivity index (χ1v) is 6.02. The van der Waals surface area contributed by atoms with Crippen molar-refractivity contribution in [2.45, 2.75) is 20.0 Å². The monoisotopic (exact) mass is 263 g/mol. The molecule has 0 aliphatic heterocycles. The minimum absolute atomic E-state index is 0.375. The summed E-state index contributed by atoms with van der Waals surface area (Å²) in [5.41, 5.74) is 1.68. The van der Waals surface area contributed by atoms with E-state index in [0.29, 0.717) is 22.2 Å². The molecule has 1 aromatic heterocycles. The van der Waals surface area contributed by atoms with Gasteiger partial charge in [-0.15, -0.1) is 0 Å². The first-order chi connectivity index (χ1) is 8.58. The number of hydrogen-bond donors (Lipinski definition) is 1. The summed E-state index contributed by atoms with van der Waals surface area (Å²) in [5.74, 6) is 0.914. The zero-order valence-corrected chi connectivity index (χ0v) is 11.0. The smallest absolute Gasteiger partial charge is 0.225 e. The summed E-state index contributed by atoms with van der Waals surface area (Å²) in [4.78, 5) is 4.13. The summed E-state index contributed by atoms with van der Waals surface area (Å²) in [7, 11) is 0. The zero-order valence-electron chi connectivity index (χ0n) is 10.2. The van der Waals surface area contributed by atoms with Gasteiger partial charge in [0.2, 0.25) is 5.88 Å². The number of aryl methyl sites for hydroxylation is 1. The fourth-order valence-corrected chi connectivity index (χ4v) is 1.76. The average molecular weight is 264 g/mol. The van der Waals surface area contributed by atoms with Crippen LogP contribution in [-0.4, -0.2) is 10.1 Å². The molecule has 0 bridgehead atoms. The van der Waals surface area contributed by atoms with E-state index in [9.17, 15) is 5.11 Å². The topological polar surface area (TPSA) is 42.4 Å². The van der Waals surface area contributed by atoms with E-state index in [0.717, 1.165) is 5.56 Å². The summed E-state index contributed by atoms with van der Waals surface area (Å²) in [6.45, 7) is 3.62. The highest BCUT2D eigenvalue weighted by molar-refractivity contribution is 6.32. The second-order valence-electron chi connectivity index (χ2n) is 4.11. The maximum atomic E-state index is 9.65. The quantitative estimate of drug-likeness (QED) is 0.914. The van der Waals surface area contributed by atoms with E-state index in [2.05, 4.69) is 4.98 Å². The van der Waals surface area contributed by atoms with Crippen molar-refractivity contribution >= 4 is 11.6 Å². The number of hydrogen-bond acceptors (Lipinski definition) is 3. The molecule has 1 atom stereocenters. The maximum absolute atomic E-state index is 9.65. The molecule has 0 amide bonds. The Morgan fingerprint density at radius 3 is 2.83 bits per heavy atom. The van der Waals surface area contributed by atoms with Gasteiger partial charge in [-0.3, -0.25) is 0 Å². The Morgan fingerprint density at radius 2 is 2.11 bits per heavy atom.